The summed E-state index contributed by atoms with van der Waals surface area (Å²) in [7, 11) is 0. The molecule has 2 rings (SSSR count). The highest BCUT2D eigenvalue weighted by molar-refractivity contribution is 6.13. The predicted molar refractivity (Wildman–Crippen MR) is 54.1 cm³/mol. The summed E-state index contributed by atoms with van der Waals surface area (Å²) in [4.78, 5) is 13.8. The van der Waals surface area contributed by atoms with Crippen LogP contribution in [0.5, 0.6) is 0 Å². The van der Waals surface area contributed by atoms with Gasteiger partial charge in [-0.15, -0.1) is 0 Å². The molecule has 74 valence electrons. The number of aromatic amines is 1. The van der Waals surface area contributed by atoms with Crippen molar-refractivity contribution in [2.75, 3.05) is 0 Å². The number of hydrogen-bond donors (Lipinski definition) is 2. The third-order valence-corrected chi connectivity index (χ3v) is 2.70. The summed E-state index contributed by atoms with van der Waals surface area (Å²) in [6.07, 6.45) is 4.47. The standard InChI is InChI=1S/C11H13NO2/c1-7(11(13)14)10-6-8-4-2-3-5-9(8)12-10/h6,12H,1-5H2,(H,13,14). The predicted octanol–water partition coefficient (Wildman–Crippen LogP) is 1.99. The minimum Gasteiger partial charge on any atom is -0.478 e. The van der Waals surface area contributed by atoms with Crippen molar-refractivity contribution in [3.8, 4) is 0 Å². The van der Waals surface area contributed by atoms with E-state index in [1.807, 2.05) is 6.07 Å². The van der Waals surface area contributed by atoms with Crippen LogP contribution in [-0.2, 0) is 17.6 Å². The minimum atomic E-state index is -0.955. The van der Waals surface area contributed by atoms with Crippen molar-refractivity contribution in [3.63, 3.8) is 0 Å². The monoisotopic (exact) mass is 191 g/mol. The molecule has 1 aliphatic carbocycles. The Morgan fingerprint density at radius 2 is 2.14 bits per heavy atom. The number of aryl methyl sites for hydroxylation is 2. The Labute approximate surface area is 82.5 Å². The normalized spacial score (nSPS) is 14.9. The first-order valence-electron chi connectivity index (χ1n) is 4.82. The van der Waals surface area contributed by atoms with Crippen molar-refractivity contribution in [2.45, 2.75) is 25.7 Å². The zero-order valence-corrected chi connectivity index (χ0v) is 7.97. The van der Waals surface area contributed by atoms with Crippen LogP contribution >= 0.6 is 0 Å². The number of aromatic nitrogens is 1. The van der Waals surface area contributed by atoms with E-state index in [4.69, 9.17) is 5.11 Å². The lowest BCUT2D eigenvalue weighted by Gasteiger charge is -2.08. The molecular formula is C11H13NO2. The van der Waals surface area contributed by atoms with Gasteiger partial charge < -0.3 is 10.1 Å². The fraction of sp³-hybridized carbons (Fsp3) is 0.364. The van der Waals surface area contributed by atoms with Gasteiger partial charge in [0.25, 0.3) is 0 Å². The van der Waals surface area contributed by atoms with Crippen LogP contribution in [0.4, 0.5) is 0 Å². The topological polar surface area (TPSA) is 53.1 Å². The number of hydrogen-bond acceptors (Lipinski definition) is 1. The number of carboxylic acids is 1. The first-order chi connectivity index (χ1) is 6.68. The molecule has 0 aromatic carbocycles. The van der Waals surface area contributed by atoms with Crippen LogP contribution in [0.2, 0.25) is 0 Å². The maximum absolute atomic E-state index is 10.7. The van der Waals surface area contributed by atoms with E-state index in [9.17, 15) is 4.79 Å². The van der Waals surface area contributed by atoms with Crippen LogP contribution in [0, 0.1) is 0 Å². The third-order valence-electron chi connectivity index (χ3n) is 2.70. The van der Waals surface area contributed by atoms with Gasteiger partial charge in [0.15, 0.2) is 0 Å². The van der Waals surface area contributed by atoms with Gasteiger partial charge in [-0.25, -0.2) is 4.79 Å². The van der Waals surface area contributed by atoms with Gasteiger partial charge in [0, 0.05) is 5.69 Å². The van der Waals surface area contributed by atoms with E-state index in [1.165, 1.54) is 24.1 Å². The number of H-pyrrole nitrogens is 1. The molecule has 14 heavy (non-hydrogen) atoms. The Balaban J connectivity index is 2.32. The summed E-state index contributed by atoms with van der Waals surface area (Å²) < 4.78 is 0. The Morgan fingerprint density at radius 1 is 1.43 bits per heavy atom. The molecular weight excluding hydrogens is 178 g/mol. The Bertz CT molecular complexity index is 366. The quantitative estimate of drug-likeness (QED) is 0.702. The summed E-state index contributed by atoms with van der Waals surface area (Å²) in [6.45, 7) is 3.54. The van der Waals surface area contributed by atoms with E-state index in [0.717, 1.165) is 12.8 Å². The number of rotatable bonds is 2. The molecule has 0 bridgehead atoms. The lowest BCUT2D eigenvalue weighted by Crippen LogP contribution is -2.00. The van der Waals surface area contributed by atoms with Gasteiger partial charge >= 0.3 is 5.97 Å². The molecule has 0 radical (unpaired) electrons. The smallest absolute Gasteiger partial charge is 0.337 e. The summed E-state index contributed by atoms with van der Waals surface area (Å²) in [6, 6.07) is 1.92. The fourth-order valence-electron chi connectivity index (χ4n) is 1.88. The van der Waals surface area contributed by atoms with Crippen LogP contribution in [0.1, 0.15) is 29.8 Å². The van der Waals surface area contributed by atoms with Crippen molar-refractivity contribution in [2.24, 2.45) is 0 Å². The maximum Gasteiger partial charge on any atom is 0.337 e. The van der Waals surface area contributed by atoms with Crippen molar-refractivity contribution in [1.29, 1.82) is 0 Å². The van der Waals surface area contributed by atoms with Crippen LogP contribution < -0.4 is 0 Å². The molecule has 3 heteroatoms. The van der Waals surface area contributed by atoms with Crippen molar-refractivity contribution < 1.29 is 9.90 Å². The molecule has 0 unspecified atom stereocenters. The van der Waals surface area contributed by atoms with Gasteiger partial charge in [0.05, 0.1) is 11.3 Å². The van der Waals surface area contributed by atoms with Crippen molar-refractivity contribution in [3.05, 3.63) is 29.6 Å². The number of fused-ring (bicyclic) bond motifs is 1. The van der Waals surface area contributed by atoms with Crippen LogP contribution in [0.15, 0.2) is 12.6 Å². The van der Waals surface area contributed by atoms with E-state index in [1.54, 1.807) is 0 Å². The summed E-state index contributed by atoms with van der Waals surface area (Å²) in [5.74, 6) is -0.955. The first kappa shape index (κ1) is 9.06. The highest BCUT2D eigenvalue weighted by Crippen LogP contribution is 2.24. The van der Waals surface area contributed by atoms with Gasteiger partial charge in [-0.1, -0.05) is 6.58 Å². The molecule has 1 aromatic rings. The number of carboxylic acid groups (broad SMARTS) is 1. The highest BCUT2D eigenvalue weighted by Gasteiger charge is 2.16. The minimum absolute atomic E-state index is 0.152. The maximum atomic E-state index is 10.7. The lowest BCUT2D eigenvalue weighted by atomic mass is 9.98. The molecule has 3 nitrogen and oxygen atoms in total. The summed E-state index contributed by atoms with van der Waals surface area (Å²) >= 11 is 0. The fourth-order valence-corrected chi connectivity index (χ4v) is 1.88. The second-order valence-electron chi connectivity index (χ2n) is 3.68. The largest absolute Gasteiger partial charge is 0.478 e. The van der Waals surface area contributed by atoms with Gasteiger partial charge in [0.2, 0.25) is 0 Å². The second-order valence-corrected chi connectivity index (χ2v) is 3.68. The molecule has 0 saturated heterocycles. The Kier molecular flexibility index (Phi) is 2.15. The van der Waals surface area contributed by atoms with E-state index in [-0.39, 0.29) is 5.57 Å². The van der Waals surface area contributed by atoms with E-state index >= 15 is 0 Å². The molecule has 1 aromatic heterocycles. The van der Waals surface area contributed by atoms with Gasteiger partial charge in [0.1, 0.15) is 0 Å². The van der Waals surface area contributed by atoms with E-state index < -0.39 is 5.97 Å². The van der Waals surface area contributed by atoms with Crippen LogP contribution in [0.25, 0.3) is 5.57 Å². The SMILES string of the molecule is C=C(C(=O)O)c1cc2c([nH]1)CCCC2. The number of nitrogens with one attached hydrogen (secondary N) is 1. The number of aliphatic carboxylic acids is 1. The van der Waals surface area contributed by atoms with Crippen LogP contribution in [-0.4, -0.2) is 16.1 Å². The molecule has 0 atom stereocenters. The van der Waals surface area contributed by atoms with E-state index in [0.29, 0.717) is 5.69 Å². The summed E-state index contributed by atoms with van der Waals surface area (Å²) in [5.41, 5.74) is 3.26. The van der Waals surface area contributed by atoms with Gasteiger partial charge in [-0.2, -0.15) is 0 Å². The van der Waals surface area contributed by atoms with Gasteiger partial charge in [-0.05, 0) is 37.3 Å². The lowest BCUT2D eigenvalue weighted by molar-refractivity contribution is -0.130. The molecule has 1 aliphatic rings. The van der Waals surface area contributed by atoms with E-state index in [2.05, 4.69) is 11.6 Å². The molecule has 0 aliphatic heterocycles. The highest BCUT2D eigenvalue weighted by atomic mass is 16.4. The molecule has 0 fully saturated rings. The van der Waals surface area contributed by atoms with Crippen molar-refractivity contribution >= 4 is 11.5 Å². The molecule has 2 N–H and O–H groups in total. The average molecular weight is 191 g/mol. The molecule has 0 amide bonds. The van der Waals surface area contributed by atoms with Crippen LogP contribution in [0.3, 0.4) is 0 Å². The third kappa shape index (κ3) is 1.45. The molecule has 1 heterocycles. The Hall–Kier alpha value is -1.51. The summed E-state index contributed by atoms with van der Waals surface area (Å²) in [5, 5.41) is 8.78. The first-order valence-corrected chi connectivity index (χ1v) is 4.82. The van der Waals surface area contributed by atoms with Gasteiger partial charge in [-0.3, -0.25) is 0 Å². The molecule has 0 saturated carbocycles. The second kappa shape index (κ2) is 3.33. The zero-order valence-electron chi connectivity index (χ0n) is 7.97. The molecule has 0 spiro atoms. The Morgan fingerprint density at radius 3 is 2.79 bits per heavy atom. The number of carbonyl (C=O) groups is 1. The average Bonchev–Trinajstić information content (AvgIpc) is 2.59. The zero-order chi connectivity index (χ0) is 10.1. The van der Waals surface area contributed by atoms with Crippen molar-refractivity contribution in [1.82, 2.24) is 4.98 Å².